The van der Waals surface area contributed by atoms with Gasteiger partial charge in [0.15, 0.2) is 12.7 Å². The quantitative estimate of drug-likeness (QED) is 0.661. The zero-order chi connectivity index (χ0) is 21.4. The highest BCUT2D eigenvalue weighted by Crippen LogP contribution is 2.25. The molecule has 156 valence electrons. The van der Waals surface area contributed by atoms with E-state index < -0.39 is 17.9 Å². The Kier molecular flexibility index (Phi) is 8.07. The van der Waals surface area contributed by atoms with Crippen molar-refractivity contribution in [2.45, 2.75) is 52.6 Å². The lowest BCUT2D eigenvalue weighted by molar-refractivity contribution is -0.133. The van der Waals surface area contributed by atoms with Crippen LogP contribution in [0.1, 0.15) is 57.6 Å². The fourth-order valence-electron chi connectivity index (χ4n) is 2.69. The van der Waals surface area contributed by atoms with Gasteiger partial charge in [0, 0.05) is 0 Å². The second-order valence-corrected chi connectivity index (χ2v) is 7.50. The van der Waals surface area contributed by atoms with E-state index >= 15 is 0 Å². The van der Waals surface area contributed by atoms with Crippen LogP contribution in [0.2, 0.25) is 0 Å². The fraction of sp³-hybridized carbons (Fsp3) is 0.391. The number of amides is 2. The zero-order valence-corrected chi connectivity index (χ0v) is 17.7. The van der Waals surface area contributed by atoms with Gasteiger partial charge >= 0.3 is 0 Å². The number of benzene rings is 2. The molecule has 0 saturated carbocycles. The van der Waals surface area contributed by atoms with Crippen LogP contribution >= 0.6 is 0 Å². The second-order valence-electron chi connectivity index (χ2n) is 7.50. The van der Waals surface area contributed by atoms with Crippen molar-refractivity contribution >= 4 is 11.8 Å². The molecule has 0 aliphatic heterocycles. The van der Waals surface area contributed by atoms with Crippen molar-refractivity contribution in [2.24, 2.45) is 0 Å². The minimum Gasteiger partial charge on any atom is -0.483 e. The van der Waals surface area contributed by atoms with Crippen LogP contribution in [-0.2, 0) is 9.59 Å². The molecule has 2 amide bonds. The Morgan fingerprint density at radius 2 is 1.52 bits per heavy atom. The molecule has 6 heteroatoms. The van der Waals surface area contributed by atoms with Crippen LogP contribution in [0.25, 0.3) is 0 Å². The second kappa shape index (κ2) is 10.5. The molecule has 0 aromatic heterocycles. The smallest absolute Gasteiger partial charge is 0.279 e. The van der Waals surface area contributed by atoms with Crippen LogP contribution in [-0.4, -0.2) is 24.5 Å². The van der Waals surface area contributed by atoms with E-state index in [1.54, 1.807) is 6.92 Å². The molecule has 1 unspecified atom stereocenters. The van der Waals surface area contributed by atoms with Gasteiger partial charge in [0.1, 0.15) is 11.5 Å². The van der Waals surface area contributed by atoms with Gasteiger partial charge in [-0.15, -0.1) is 0 Å². The highest BCUT2D eigenvalue weighted by Gasteiger charge is 2.16. The lowest BCUT2D eigenvalue weighted by Gasteiger charge is -2.16. The van der Waals surface area contributed by atoms with Crippen molar-refractivity contribution in [2.75, 3.05) is 6.61 Å². The third-order valence-electron chi connectivity index (χ3n) is 4.45. The summed E-state index contributed by atoms with van der Waals surface area (Å²) in [6.45, 7) is 9.75. The third-order valence-corrected chi connectivity index (χ3v) is 4.45. The Hall–Kier alpha value is -3.02. The lowest BCUT2D eigenvalue weighted by atomic mass is 10.0. The van der Waals surface area contributed by atoms with Crippen molar-refractivity contribution in [3.8, 4) is 11.5 Å². The number of hydrogen-bond donors (Lipinski definition) is 2. The average Bonchev–Trinajstić information content (AvgIpc) is 2.70. The summed E-state index contributed by atoms with van der Waals surface area (Å²) < 4.78 is 11.2. The van der Waals surface area contributed by atoms with Gasteiger partial charge in [0.05, 0.1) is 0 Å². The summed E-state index contributed by atoms with van der Waals surface area (Å²) in [6, 6.07) is 15.2. The summed E-state index contributed by atoms with van der Waals surface area (Å²) in [4.78, 5) is 24.1. The number of carbonyl (C=O) groups is 2. The average molecular weight is 399 g/mol. The van der Waals surface area contributed by atoms with Gasteiger partial charge in [-0.3, -0.25) is 20.4 Å². The molecule has 0 heterocycles. The van der Waals surface area contributed by atoms with Gasteiger partial charge in [-0.2, -0.15) is 0 Å². The van der Waals surface area contributed by atoms with Gasteiger partial charge in [-0.25, -0.2) is 0 Å². The predicted molar refractivity (Wildman–Crippen MR) is 113 cm³/mol. The van der Waals surface area contributed by atoms with Crippen molar-refractivity contribution in [3.63, 3.8) is 0 Å². The first-order valence-electron chi connectivity index (χ1n) is 9.85. The number of carbonyl (C=O) groups excluding carboxylic acids is 2. The summed E-state index contributed by atoms with van der Waals surface area (Å²) in [5.41, 5.74) is 6.93. The van der Waals surface area contributed by atoms with E-state index in [4.69, 9.17) is 9.47 Å². The summed E-state index contributed by atoms with van der Waals surface area (Å²) in [7, 11) is 0. The molecule has 2 N–H and O–H groups in total. The fourth-order valence-corrected chi connectivity index (χ4v) is 2.69. The molecule has 1 atom stereocenters. The summed E-state index contributed by atoms with van der Waals surface area (Å²) in [5.74, 6) is 1.05. The molecule has 0 aliphatic carbocycles. The largest absolute Gasteiger partial charge is 0.483 e. The van der Waals surface area contributed by atoms with E-state index in [0.29, 0.717) is 17.4 Å². The number of ether oxygens (including phenoxy) is 2. The van der Waals surface area contributed by atoms with E-state index in [2.05, 4.69) is 38.5 Å². The maximum atomic E-state index is 12.2. The molecule has 0 bridgehead atoms. The number of hydrazine groups is 1. The predicted octanol–water partition coefficient (Wildman–Crippen LogP) is 3.93. The number of hydrogen-bond acceptors (Lipinski definition) is 4. The van der Waals surface area contributed by atoms with E-state index in [-0.39, 0.29) is 12.5 Å². The minimum absolute atomic E-state index is 0.198. The summed E-state index contributed by atoms with van der Waals surface area (Å²) in [6.07, 6.45) is -0.761. The number of nitrogens with one attached hydrogen (secondary N) is 2. The minimum atomic E-state index is -0.761. The third kappa shape index (κ3) is 6.82. The van der Waals surface area contributed by atoms with Crippen LogP contribution in [0.3, 0.4) is 0 Å². The van der Waals surface area contributed by atoms with Gasteiger partial charge in [-0.1, -0.05) is 58.0 Å². The van der Waals surface area contributed by atoms with Crippen LogP contribution in [0, 0.1) is 0 Å². The van der Waals surface area contributed by atoms with Gasteiger partial charge in [0.2, 0.25) is 0 Å². The number of rotatable bonds is 8. The molecule has 2 aromatic rings. The van der Waals surface area contributed by atoms with E-state index in [1.807, 2.05) is 48.5 Å². The van der Waals surface area contributed by atoms with Crippen molar-refractivity contribution < 1.29 is 19.1 Å². The molecule has 0 spiro atoms. The SMILES string of the molecule is CC(Oc1ccc(C(C)C)cc1)C(=O)NNC(=O)COc1ccccc1C(C)C. The van der Waals surface area contributed by atoms with Gasteiger partial charge in [-0.05, 0) is 48.1 Å². The van der Waals surface area contributed by atoms with Crippen LogP contribution < -0.4 is 20.3 Å². The molecule has 0 radical (unpaired) electrons. The molecule has 0 aliphatic rings. The number of para-hydroxylation sites is 1. The molecule has 0 saturated heterocycles. The Bertz CT molecular complexity index is 816. The monoisotopic (exact) mass is 398 g/mol. The van der Waals surface area contributed by atoms with Gasteiger partial charge < -0.3 is 9.47 Å². The summed E-state index contributed by atoms with van der Waals surface area (Å²) >= 11 is 0. The van der Waals surface area contributed by atoms with Crippen LogP contribution in [0.5, 0.6) is 11.5 Å². The van der Waals surface area contributed by atoms with E-state index in [9.17, 15) is 9.59 Å². The first kappa shape index (κ1) is 22.3. The van der Waals surface area contributed by atoms with Crippen molar-refractivity contribution in [1.29, 1.82) is 0 Å². The van der Waals surface area contributed by atoms with Crippen LogP contribution in [0.15, 0.2) is 48.5 Å². The maximum absolute atomic E-state index is 12.2. The van der Waals surface area contributed by atoms with Crippen LogP contribution in [0.4, 0.5) is 0 Å². The lowest BCUT2D eigenvalue weighted by Crippen LogP contribution is -2.48. The molecule has 29 heavy (non-hydrogen) atoms. The van der Waals surface area contributed by atoms with Crippen molar-refractivity contribution in [1.82, 2.24) is 10.9 Å². The van der Waals surface area contributed by atoms with E-state index in [0.717, 1.165) is 5.56 Å². The van der Waals surface area contributed by atoms with Crippen molar-refractivity contribution in [3.05, 3.63) is 59.7 Å². The first-order valence-corrected chi connectivity index (χ1v) is 9.85. The summed E-state index contributed by atoms with van der Waals surface area (Å²) in [5, 5.41) is 0. The molecule has 2 aromatic carbocycles. The Morgan fingerprint density at radius 3 is 2.14 bits per heavy atom. The Balaban J connectivity index is 1.78. The first-order chi connectivity index (χ1) is 13.8. The zero-order valence-electron chi connectivity index (χ0n) is 17.7. The molecule has 0 fully saturated rings. The Morgan fingerprint density at radius 1 is 0.862 bits per heavy atom. The maximum Gasteiger partial charge on any atom is 0.279 e. The highest BCUT2D eigenvalue weighted by atomic mass is 16.5. The molecular weight excluding hydrogens is 368 g/mol. The highest BCUT2D eigenvalue weighted by molar-refractivity contribution is 5.85. The standard InChI is InChI=1S/C23H30N2O4/c1-15(2)18-10-12-19(13-11-18)29-17(5)23(27)25-24-22(26)14-28-21-9-7-6-8-20(21)16(3)4/h6-13,15-17H,14H2,1-5H3,(H,24,26)(H,25,27). The van der Waals surface area contributed by atoms with Gasteiger partial charge in [0.25, 0.3) is 11.8 Å². The van der Waals surface area contributed by atoms with E-state index in [1.165, 1.54) is 5.56 Å². The molecule has 6 nitrogen and oxygen atoms in total. The molecular formula is C23H30N2O4. The Labute approximate surface area is 172 Å². The normalized spacial score (nSPS) is 11.8. The molecule has 2 rings (SSSR count). The topological polar surface area (TPSA) is 76.7 Å².